The maximum atomic E-state index is 13.0. The van der Waals surface area contributed by atoms with Gasteiger partial charge >= 0.3 is 12.0 Å². The lowest BCUT2D eigenvalue weighted by Gasteiger charge is -2.26. The lowest BCUT2D eigenvalue weighted by molar-refractivity contribution is -0.151. The first-order chi connectivity index (χ1) is 14.4. The van der Waals surface area contributed by atoms with Gasteiger partial charge in [-0.25, -0.2) is 4.79 Å². The number of carbonyl (C=O) groups is 4. The van der Waals surface area contributed by atoms with Crippen molar-refractivity contribution in [2.24, 2.45) is 5.92 Å². The summed E-state index contributed by atoms with van der Waals surface area (Å²) in [5.74, 6) is -0.997. The highest BCUT2D eigenvalue weighted by molar-refractivity contribution is 6.09. The molecule has 3 rings (SSSR count). The molecule has 0 bridgehead atoms. The van der Waals surface area contributed by atoms with Gasteiger partial charge in [0, 0.05) is 6.04 Å². The van der Waals surface area contributed by atoms with Gasteiger partial charge in [0.25, 0.3) is 11.8 Å². The average Bonchev–Trinajstić information content (AvgIpc) is 2.99. The molecule has 4 amide bonds. The summed E-state index contributed by atoms with van der Waals surface area (Å²) in [6.07, 6.45) is 4.31. The molecule has 8 nitrogen and oxygen atoms in total. The lowest BCUT2D eigenvalue weighted by atomic mass is 9.87. The van der Waals surface area contributed by atoms with E-state index in [1.54, 1.807) is 31.2 Å². The van der Waals surface area contributed by atoms with E-state index in [1.165, 1.54) is 0 Å². The van der Waals surface area contributed by atoms with Gasteiger partial charge in [-0.3, -0.25) is 19.3 Å². The van der Waals surface area contributed by atoms with Gasteiger partial charge in [0.05, 0.1) is 0 Å². The van der Waals surface area contributed by atoms with Gasteiger partial charge in [-0.15, -0.1) is 0 Å². The minimum absolute atomic E-state index is 0.106. The maximum absolute atomic E-state index is 13.0. The number of hydrogen-bond acceptors (Lipinski definition) is 5. The minimum atomic E-state index is -1.20. The molecule has 0 spiro atoms. The molecule has 1 aromatic rings. The number of carbonyl (C=O) groups excluding carboxylic acids is 4. The van der Waals surface area contributed by atoms with Crippen molar-refractivity contribution in [1.82, 2.24) is 15.5 Å². The Balaban J connectivity index is 1.53. The molecule has 2 aliphatic rings. The standard InChI is InChI=1S/C22H29N3O5/c1-3-22(16-7-5-4-6-8-16)20(28)25(21(29)24-22)13-19(27)30-14-18(26)23-17-11-9-15(2)10-12-17/h4-8,15,17H,3,9-14H2,1-2H3,(H,23,26)(H,24,29). The zero-order valence-electron chi connectivity index (χ0n) is 17.5. The van der Waals surface area contributed by atoms with E-state index >= 15 is 0 Å². The Morgan fingerprint density at radius 2 is 1.83 bits per heavy atom. The van der Waals surface area contributed by atoms with E-state index in [9.17, 15) is 19.2 Å². The Morgan fingerprint density at radius 3 is 2.47 bits per heavy atom. The molecule has 1 aliphatic heterocycles. The van der Waals surface area contributed by atoms with Gasteiger partial charge in [-0.1, -0.05) is 44.2 Å². The van der Waals surface area contributed by atoms with Crippen LogP contribution in [0.25, 0.3) is 0 Å². The van der Waals surface area contributed by atoms with E-state index in [2.05, 4.69) is 17.6 Å². The molecule has 2 fully saturated rings. The molecule has 0 radical (unpaired) electrons. The van der Waals surface area contributed by atoms with E-state index in [4.69, 9.17) is 4.74 Å². The number of urea groups is 1. The van der Waals surface area contributed by atoms with Crippen LogP contribution in [-0.4, -0.2) is 47.9 Å². The zero-order valence-corrected chi connectivity index (χ0v) is 17.5. The summed E-state index contributed by atoms with van der Waals surface area (Å²) in [5.41, 5.74) is -0.545. The van der Waals surface area contributed by atoms with E-state index in [0.717, 1.165) is 30.6 Å². The van der Waals surface area contributed by atoms with Crippen LogP contribution in [0, 0.1) is 5.92 Å². The molecule has 1 aliphatic carbocycles. The van der Waals surface area contributed by atoms with E-state index < -0.39 is 36.6 Å². The summed E-state index contributed by atoms with van der Waals surface area (Å²) in [4.78, 5) is 50.5. The zero-order chi connectivity index (χ0) is 21.7. The predicted molar refractivity (Wildman–Crippen MR) is 109 cm³/mol. The Labute approximate surface area is 176 Å². The normalized spacial score (nSPS) is 26.3. The number of amides is 4. The number of esters is 1. The van der Waals surface area contributed by atoms with Crippen LogP contribution in [-0.2, 0) is 24.7 Å². The van der Waals surface area contributed by atoms with Crippen molar-refractivity contribution in [3.05, 3.63) is 35.9 Å². The van der Waals surface area contributed by atoms with Crippen molar-refractivity contribution in [2.75, 3.05) is 13.2 Å². The van der Waals surface area contributed by atoms with Crippen LogP contribution in [0.5, 0.6) is 0 Å². The fourth-order valence-corrected chi connectivity index (χ4v) is 4.13. The molecule has 1 saturated carbocycles. The highest BCUT2D eigenvalue weighted by Crippen LogP contribution is 2.32. The molecule has 162 valence electrons. The van der Waals surface area contributed by atoms with Crippen LogP contribution in [0.15, 0.2) is 30.3 Å². The molecule has 1 atom stereocenters. The van der Waals surface area contributed by atoms with Gasteiger partial charge in [-0.2, -0.15) is 0 Å². The third-order valence-electron chi connectivity index (χ3n) is 6.01. The molecule has 1 heterocycles. The Morgan fingerprint density at radius 1 is 1.17 bits per heavy atom. The number of ether oxygens (including phenoxy) is 1. The topological polar surface area (TPSA) is 105 Å². The van der Waals surface area contributed by atoms with E-state index in [-0.39, 0.29) is 11.9 Å². The van der Waals surface area contributed by atoms with Crippen molar-refractivity contribution in [3.63, 3.8) is 0 Å². The highest BCUT2D eigenvalue weighted by atomic mass is 16.5. The molecule has 8 heteroatoms. The number of imide groups is 1. The fraction of sp³-hybridized carbons (Fsp3) is 0.545. The molecular formula is C22H29N3O5. The number of hydrogen-bond donors (Lipinski definition) is 2. The average molecular weight is 415 g/mol. The summed E-state index contributed by atoms with van der Waals surface area (Å²) in [5, 5.41) is 5.59. The van der Waals surface area contributed by atoms with Crippen molar-refractivity contribution in [3.8, 4) is 0 Å². The van der Waals surface area contributed by atoms with Crippen LogP contribution in [0.4, 0.5) is 4.79 Å². The first kappa shape index (κ1) is 21.8. The van der Waals surface area contributed by atoms with Crippen LogP contribution < -0.4 is 10.6 Å². The second kappa shape index (κ2) is 9.28. The maximum Gasteiger partial charge on any atom is 0.326 e. The van der Waals surface area contributed by atoms with E-state index in [0.29, 0.717) is 17.9 Å². The second-order valence-electron chi connectivity index (χ2n) is 8.13. The first-order valence-corrected chi connectivity index (χ1v) is 10.5. The number of benzene rings is 1. The third-order valence-corrected chi connectivity index (χ3v) is 6.01. The van der Waals surface area contributed by atoms with E-state index in [1.807, 2.05) is 6.07 Å². The fourth-order valence-electron chi connectivity index (χ4n) is 4.13. The predicted octanol–water partition coefficient (Wildman–Crippen LogP) is 2.08. The second-order valence-corrected chi connectivity index (χ2v) is 8.13. The Bertz CT molecular complexity index is 804. The van der Waals surface area contributed by atoms with Crippen LogP contribution >= 0.6 is 0 Å². The summed E-state index contributed by atoms with van der Waals surface area (Å²) >= 11 is 0. The largest absolute Gasteiger partial charge is 0.454 e. The third kappa shape index (κ3) is 4.63. The van der Waals surface area contributed by atoms with Gasteiger partial charge in [0.15, 0.2) is 6.61 Å². The van der Waals surface area contributed by atoms with Crippen LogP contribution in [0.1, 0.15) is 51.5 Å². The summed E-state index contributed by atoms with van der Waals surface area (Å²) in [7, 11) is 0. The smallest absolute Gasteiger partial charge is 0.326 e. The molecule has 30 heavy (non-hydrogen) atoms. The molecular weight excluding hydrogens is 386 g/mol. The summed E-state index contributed by atoms with van der Waals surface area (Å²) in [6, 6.07) is 8.38. The number of nitrogens with one attached hydrogen (secondary N) is 2. The minimum Gasteiger partial charge on any atom is -0.454 e. The molecule has 1 aromatic carbocycles. The summed E-state index contributed by atoms with van der Waals surface area (Å²) < 4.78 is 5.01. The van der Waals surface area contributed by atoms with Crippen molar-refractivity contribution in [1.29, 1.82) is 0 Å². The quantitative estimate of drug-likeness (QED) is 0.524. The van der Waals surface area contributed by atoms with Gasteiger partial charge in [-0.05, 0) is 43.6 Å². The Hall–Kier alpha value is -2.90. The monoisotopic (exact) mass is 415 g/mol. The van der Waals surface area contributed by atoms with Crippen LogP contribution in [0.2, 0.25) is 0 Å². The number of nitrogens with zero attached hydrogens (tertiary/aromatic N) is 1. The van der Waals surface area contributed by atoms with Crippen molar-refractivity contribution < 1.29 is 23.9 Å². The highest BCUT2D eigenvalue weighted by Gasteiger charge is 2.51. The molecule has 2 N–H and O–H groups in total. The van der Waals surface area contributed by atoms with Gasteiger partial charge < -0.3 is 15.4 Å². The first-order valence-electron chi connectivity index (χ1n) is 10.5. The summed E-state index contributed by atoms with van der Waals surface area (Å²) in [6.45, 7) is 3.03. The van der Waals surface area contributed by atoms with Crippen molar-refractivity contribution >= 4 is 23.8 Å². The van der Waals surface area contributed by atoms with Gasteiger partial charge in [0.1, 0.15) is 12.1 Å². The number of rotatable bonds is 7. The van der Waals surface area contributed by atoms with Crippen molar-refractivity contribution in [2.45, 2.75) is 57.5 Å². The molecule has 1 saturated heterocycles. The van der Waals surface area contributed by atoms with Gasteiger partial charge in [0.2, 0.25) is 0 Å². The Kier molecular flexibility index (Phi) is 6.74. The SMILES string of the molecule is CCC1(c2ccccc2)NC(=O)N(CC(=O)OCC(=O)NC2CCC(C)CC2)C1=O. The lowest BCUT2D eigenvalue weighted by Crippen LogP contribution is -2.44. The molecule has 0 aromatic heterocycles. The van der Waals surface area contributed by atoms with Crippen LogP contribution in [0.3, 0.4) is 0 Å². The molecule has 1 unspecified atom stereocenters.